The summed E-state index contributed by atoms with van der Waals surface area (Å²) in [5.74, 6) is 0.240. The zero-order valence-electron chi connectivity index (χ0n) is 8.04. The molecule has 0 N–H and O–H groups in total. The molecule has 1 aliphatic rings. The van der Waals surface area contributed by atoms with Crippen LogP contribution in [0.2, 0.25) is 0 Å². The molecule has 0 aromatic rings. The molecule has 3 heteroatoms. The van der Waals surface area contributed by atoms with Crippen LogP contribution in [0, 0.1) is 0 Å². The molecular weight excluding hydrogens is 154 g/mol. The van der Waals surface area contributed by atoms with Crippen molar-refractivity contribution in [1.29, 1.82) is 0 Å². The number of morpholine rings is 1. The average Bonchev–Trinajstić information content (AvgIpc) is 1.98. The van der Waals surface area contributed by atoms with Crippen molar-refractivity contribution in [3.05, 3.63) is 0 Å². The van der Waals surface area contributed by atoms with E-state index in [2.05, 4.69) is 18.9 Å². The van der Waals surface area contributed by atoms with Gasteiger partial charge in [0.2, 0.25) is 0 Å². The highest BCUT2D eigenvalue weighted by Gasteiger charge is 2.25. The highest BCUT2D eigenvalue weighted by atomic mass is 16.5. The van der Waals surface area contributed by atoms with Crippen molar-refractivity contribution in [3.63, 3.8) is 0 Å². The van der Waals surface area contributed by atoms with Gasteiger partial charge in [0, 0.05) is 18.5 Å². The van der Waals surface area contributed by atoms with Crippen LogP contribution in [0.15, 0.2) is 0 Å². The van der Waals surface area contributed by atoms with Gasteiger partial charge in [-0.25, -0.2) is 0 Å². The second-order valence-corrected chi connectivity index (χ2v) is 3.61. The molecule has 1 fully saturated rings. The summed E-state index contributed by atoms with van der Waals surface area (Å²) in [4.78, 5) is 13.1. The summed E-state index contributed by atoms with van der Waals surface area (Å²) in [7, 11) is 2.06. The zero-order valence-corrected chi connectivity index (χ0v) is 8.04. The number of nitrogens with zero attached hydrogens (tertiary/aromatic N) is 1. The molecule has 0 aliphatic carbocycles. The number of Topliss-reactive ketones (excluding diaryl/α,β-unsaturated/α-hetero) is 1. The second-order valence-electron chi connectivity index (χ2n) is 3.61. The molecule has 2 atom stereocenters. The fraction of sp³-hybridized carbons (Fsp3) is 0.889. The van der Waals surface area contributed by atoms with Gasteiger partial charge in [0.05, 0.1) is 13.2 Å². The van der Waals surface area contributed by atoms with E-state index in [0.717, 1.165) is 6.61 Å². The van der Waals surface area contributed by atoms with Crippen molar-refractivity contribution < 1.29 is 9.53 Å². The van der Waals surface area contributed by atoms with Crippen LogP contribution < -0.4 is 0 Å². The largest absolute Gasteiger partial charge is 0.378 e. The van der Waals surface area contributed by atoms with E-state index in [0.29, 0.717) is 19.1 Å². The van der Waals surface area contributed by atoms with Crippen LogP contribution in [-0.4, -0.2) is 43.0 Å². The summed E-state index contributed by atoms with van der Waals surface area (Å²) in [6, 6.07) is 0.717. The van der Waals surface area contributed by atoms with Crippen molar-refractivity contribution in [2.45, 2.75) is 32.4 Å². The first kappa shape index (κ1) is 9.68. The van der Waals surface area contributed by atoms with Crippen LogP contribution >= 0.6 is 0 Å². The number of carbonyl (C=O) groups is 1. The number of ketones is 1. The van der Waals surface area contributed by atoms with Crippen LogP contribution in [0.4, 0.5) is 0 Å². The minimum atomic E-state index is 0.240. The highest BCUT2D eigenvalue weighted by molar-refractivity contribution is 5.76. The fourth-order valence-corrected chi connectivity index (χ4v) is 1.50. The van der Waals surface area contributed by atoms with Crippen molar-refractivity contribution >= 4 is 5.78 Å². The van der Waals surface area contributed by atoms with E-state index in [-0.39, 0.29) is 11.8 Å². The van der Waals surface area contributed by atoms with Crippen LogP contribution in [0.25, 0.3) is 0 Å². The van der Waals surface area contributed by atoms with Gasteiger partial charge in [0.1, 0.15) is 5.78 Å². The van der Waals surface area contributed by atoms with Crippen LogP contribution in [0.5, 0.6) is 0 Å². The lowest BCUT2D eigenvalue weighted by Gasteiger charge is -2.37. The SMILES string of the molecule is CC(=O)CC1COCC(C)N1C. The summed E-state index contributed by atoms with van der Waals surface area (Å²) in [6.45, 7) is 5.23. The van der Waals surface area contributed by atoms with Crippen LogP contribution in [-0.2, 0) is 9.53 Å². The maximum Gasteiger partial charge on any atom is 0.131 e. The maximum atomic E-state index is 10.9. The minimum Gasteiger partial charge on any atom is -0.378 e. The molecule has 70 valence electrons. The van der Waals surface area contributed by atoms with Gasteiger partial charge < -0.3 is 4.74 Å². The Hall–Kier alpha value is -0.410. The van der Waals surface area contributed by atoms with Crippen LogP contribution in [0.1, 0.15) is 20.3 Å². The van der Waals surface area contributed by atoms with Crippen molar-refractivity contribution in [2.24, 2.45) is 0 Å². The van der Waals surface area contributed by atoms with Gasteiger partial charge in [-0.3, -0.25) is 9.69 Å². The Morgan fingerprint density at radius 1 is 1.58 bits per heavy atom. The minimum absolute atomic E-state index is 0.240. The topological polar surface area (TPSA) is 29.5 Å². The molecule has 0 bridgehead atoms. The molecule has 1 rings (SSSR count). The molecule has 0 radical (unpaired) electrons. The summed E-state index contributed by atoms with van der Waals surface area (Å²) in [5.41, 5.74) is 0. The molecule has 0 aromatic carbocycles. The third kappa shape index (κ3) is 2.29. The van der Waals surface area contributed by atoms with Gasteiger partial charge in [-0.15, -0.1) is 0 Å². The van der Waals surface area contributed by atoms with E-state index < -0.39 is 0 Å². The normalized spacial score (nSPS) is 31.9. The van der Waals surface area contributed by atoms with Gasteiger partial charge in [-0.1, -0.05) is 0 Å². The predicted octanol–water partition coefficient (Wildman–Crippen LogP) is 0.685. The average molecular weight is 171 g/mol. The summed E-state index contributed by atoms with van der Waals surface area (Å²) in [6.07, 6.45) is 0.612. The Labute approximate surface area is 73.7 Å². The quantitative estimate of drug-likeness (QED) is 0.612. The van der Waals surface area contributed by atoms with Gasteiger partial charge in [-0.2, -0.15) is 0 Å². The zero-order chi connectivity index (χ0) is 9.14. The third-order valence-corrected chi connectivity index (χ3v) is 2.46. The Morgan fingerprint density at radius 3 is 2.83 bits per heavy atom. The first-order valence-corrected chi connectivity index (χ1v) is 4.40. The molecule has 0 spiro atoms. The Kier molecular flexibility index (Phi) is 3.23. The molecule has 0 aromatic heterocycles. The molecule has 12 heavy (non-hydrogen) atoms. The summed E-state index contributed by atoms with van der Waals surface area (Å²) >= 11 is 0. The lowest BCUT2D eigenvalue weighted by molar-refractivity contribution is -0.120. The van der Waals surface area contributed by atoms with Gasteiger partial charge in [0.25, 0.3) is 0 Å². The first-order valence-electron chi connectivity index (χ1n) is 4.40. The van der Waals surface area contributed by atoms with Crippen LogP contribution in [0.3, 0.4) is 0 Å². The second kappa shape index (κ2) is 4.01. The highest BCUT2D eigenvalue weighted by Crippen LogP contribution is 2.13. The van der Waals surface area contributed by atoms with Gasteiger partial charge in [-0.05, 0) is 20.9 Å². The molecule has 1 heterocycles. The van der Waals surface area contributed by atoms with E-state index in [1.54, 1.807) is 6.92 Å². The van der Waals surface area contributed by atoms with Crippen molar-refractivity contribution in [2.75, 3.05) is 20.3 Å². The molecule has 3 nitrogen and oxygen atoms in total. The predicted molar refractivity (Wildman–Crippen MR) is 47.1 cm³/mol. The standard InChI is InChI=1S/C9H17NO2/c1-7-5-12-6-9(10(7)3)4-8(2)11/h7,9H,4-6H2,1-3H3. The van der Waals surface area contributed by atoms with Crippen molar-refractivity contribution in [3.8, 4) is 0 Å². The number of ether oxygens (including phenoxy) is 1. The van der Waals surface area contributed by atoms with E-state index >= 15 is 0 Å². The monoisotopic (exact) mass is 171 g/mol. The molecule has 1 saturated heterocycles. The number of hydrogen-bond donors (Lipinski definition) is 0. The lowest BCUT2D eigenvalue weighted by Crippen LogP contribution is -2.49. The number of likely N-dealkylation sites (N-methyl/N-ethyl adjacent to an activating group) is 1. The lowest BCUT2D eigenvalue weighted by atomic mass is 10.1. The Bertz CT molecular complexity index is 170. The number of rotatable bonds is 2. The Morgan fingerprint density at radius 2 is 2.25 bits per heavy atom. The fourth-order valence-electron chi connectivity index (χ4n) is 1.50. The maximum absolute atomic E-state index is 10.9. The van der Waals surface area contributed by atoms with E-state index in [4.69, 9.17) is 4.74 Å². The van der Waals surface area contributed by atoms with E-state index in [1.807, 2.05) is 0 Å². The third-order valence-electron chi connectivity index (χ3n) is 2.46. The first-order chi connectivity index (χ1) is 5.61. The van der Waals surface area contributed by atoms with E-state index in [9.17, 15) is 4.79 Å². The van der Waals surface area contributed by atoms with E-state index in [1.165, 1.54) is 0 Å². The number of carbonyl (C=O) groups excluding carboxylic acids is 1. The number of hydrogen-bond acceptors (Lipinski definition) is 3. The summed E-state index contributed by atoms with van der Waals surface area (Å²) < 4.78 is 5.37. The Balaban J connectivity index is 2.46. The molecule has 0 saturated carbocycles. The molecular formula is C9H17NO2. The molecule has 2 unspecified atom stereocenters. The summed E-state index contributed by atoms with van der Waals surface area (Å²) in [5, 5.41) is 0. The molecule has 1 aliphatic heterocycles. The smallest absolute Gasteiger partial charge is 0.131 e. The van der Waals surface area contributed by atoms with Gasteiger partial charge >= 0.3 is 0 Å². The van der Waals surface area contributed by atoms with Gasteiger partial charge in [0.15, 0.2) is 0 Å². The molecule has 0 amide bonds. The van der Waals surface area contributed by atoms with Crippen molar-refractivity contribution in [1.82, 2.24) is 4.90 Å².